The van der Waals surface area contributed by atoms with Crippen LogP contribution in [0.1, 0.15) is 47.5 Å². The van der Waals surface area contributed by atoms with Gasteiger partial charge in [0.2, 0.25) is 15.9 Å². The van der Waals surface area contributed by atoms with E-state index >= 15 is 0 Å². The fraction of sp³-hybridized carbons (Fsp3) is 0.500. The van der Waals surface area contributed by atoms with Gasteiger partial charge < -0.3 is 10.2 Å². The maximum Gasteiger partial charge on any atom is 0.243 e. The SMILES string of the molecule is CNc1nc([C@H]2CCN(C(C)=O)C2)nc2c1CCN(S(=O)(=O)c1ccc(C)c(C)c1)C2. The molecule has 9 heteroatoms. The van der Waals surface area contributed by atoms with Crippen molar-refractivity contribution in [3.05, 3.63) is 46.4 Å². The van der Waals surface area contributed by atoms with Crippen LogP contribution < -0.4 is 5.32 Å². The van der Waals surface area contributed by atoms with Crippen LogP contribution in [0.4, 0.5) is 5.82 Å². The summed E-state index contributed by atoms with van der Waals surface area (Å²) in [5.41, 5.74) is 3.74. The smallest absolute Gasteiger partial charge is 0.243 e. The molecule has 2 aliphatic rings. The molecule has 0 unspecified atom stereocenters. The molecule has 31 heavy (non-hydrogen) atoms. The highest BCUT2D eigenvalue weighted by Crippen LogP contribution is 2.31. The van der Waals surface area contributed by atoms with Crippen molar-refractivity contribution < 1.29 is 13.2 Å². The number of nitrogens with one attached hydrogen (secondary N) is 1. The molecule has 8 nitrogen and oxygen atoms in total. The summed E-state index contributed by atoms with van der Waals surface area (Å²) in [7, 11) is -1.80. The van der Waals surface area contributed by atoms with Crippen molar-refractivity contribution in [3.63, 3.8) is 0 Å². The van der Waals surface area contributed by atoms with Crippen LogP contribution in [0.25, 0.3) is 0 Å². The number of aromatic nitrogens is 2. The lowest BCUT2D eigenvalue weighted by atomic mass is 10.0. The summed E-state index contributed by atoms with van der Waals surface area (Å²) in [6, 6.07) is 5.26. The molecular formula is C22H29N5O3S. The van der Waals surface area contributed by atoms with Gasteiger partial charge in [-0.3, -0.25) is 4.79 Å². The van der Waals surface area contributed by atoms with E-state index in [9.17, 15) is 13.2 Å². The van der Waals surface area contributed by atoms with Crippen molar-refractivity contribution in [3.8, 4) is 0 Å². The number of sulfonamides is 1. The van der Waals surface area contributed by atoms with Crippen LogP contribution in [0.2, 0.25) is 0 Å². The third kappa shape index (κ3) is 4.04. The van der Waals surface area contributed by atoms with Crippen LogP contribution in [0.5, 0.6) is 0 Å². The molecule has 1 atom stereocenters. The minimum absolute atomic E-state index is 0.0555. The number of carbonyl (C=O) groups is 1. The van der Waals surface area contributed by atoms with E-state index in [-0.39, 0.29) is 18.4 Å². The number of amides is 1. The van der Waals surface area contributed by atoms with Gasteiger partial charge in [0.15, 0.2) is 0 Å². The normalized spacial score (nSPS) is 19.4. The van der Waals surface area contributed by atoms with Crippen molar-refractivity contribution in [1.82, 2.24) is 19.2 Å². The van der Waals surface area contributed by atoms with Crippen molar-refractivity contribution in [1.29, 1.82) is 0 Å². The van der Waals surface area contributed by atoms with Gasteiger partial charge in [-0.05, 0) is 49.9 Å². The van der Waals surface area contributed by atoms with Gasteiger partial charge in [-0.25, -0.2) is 18.4 Å². The zero-order valence-electron chi connectivity index (χ0n) is 18.5. The molecular weight excluding hydrogens is 414 g/mol. The summed E-state index contributed by atoms with van der Waals surface area (Å²) in [4.78, 5) is 23.3. The summed E-state index contributed by atoms with van der Waals surface area (Å²) in [5, 5.41) is 3.15. The van der Waals surface area contributed by atoms with E-state index < -0.39 is 10.0 Å². The lowest BCUT2D eigenvalue weighted by Crippen LogP contribution is -2.37. The number of carbonyl (C=O) groups excluding carboxylic acids is 1. The molecule has 0 saturated carbocycles. The van der Waals surface area contributed by atoms with Crippen molar-refractivity contribution >= 4 is 21.7 Å². The monoisotopic (exact) mass is 443 g/mol. The average Bonchev–Trinajstić information content (AvgIpc) is 3.25. The third-order valence-electron chi connectivity index (χ3n) is 6.40. The van der Waals surface area contributed by atoms with E-state index in [1.807, 2.05) is 31.9 Å². The minimum atomic E-state index is -3.62. The second-order valence-corrected chi connectivity index (χ2v) is 10.3. The van der Waals surface area contributed by atoms with Gasteiger partial charge >= 0.3 is 0 Å². The summed E-state index contributed by atoms with van der Waals surface area (Å²) >= 11 is 0. The molecule has 1 amide bonds. The first-order chi connectivity index (χ1) is 14.7. The lowest BCUT2D eigenvalue weighted by Gasteiger charge is -2.29. The Balaban J connectivity index is 1.65. The van der Waals surface area contributed by atoms with Crippen LogP contribution in [0.15, 0.2) is 23.1 Å². The van der Waals surface area contributed by atoms with Gasteiger partial charge in [0, 0.05) is 45.1 Å². The van der Waals surface area contributed by atoms with E-state index in [4.69, 9.17) is 9.97 Å². The summed E-state index contributed by atoms with van der Waals surface area (Å²) in [6.45, 7) is 7.37. The van der Waals surface area contributed by atoms with E-state index in [2.05, 4.69) is 5.32 Å². The molecule has 2 aliphatic heterocycles. The average molecular weight is 444 g/mol. The largest absolute Gasteiger partial charge is 0.373 e. The van der Waals surface area contributed by atoms with E-state index in [1.165, 1.54) is 4.31 Å². The van der Waals surface area contributed by atoms with Crippen LogP contribution >= 0.6 is 0 Å². The van der Waals surface area contributed by atoms with E-state index in [0.29, 0.717) is 36.8 Å². The number of rotatable bonds is 4. The van der Waals surface area contributed by atoms with Crippen LogP contribution in [0.3, 0.4) is 0 Å². The van der Waals surface area contributed by atoms with E-state index in [0.717, 1.165) is 34.6 Å². The number of hydrogen-bond acceptors (Lipinski definition) is 6. The molecule has 1 aromatic carbocycles. The van der Waals surface area contributed by atoms with Gasteiger partial charge in [-0.1, -0.05) is 6.07 Å². The van der Waals surface area contributed by atoms with Crippen LogP contribution in [-0.2, 0) is 27.8 Å². The highest BCUT2D eigenvalue weighted by molar-refractivity contribution is 7.89. The number of anilines is 1. The summed E-state index contributed by atoms with van der Waals surface area (Å²) in [5.74, 6) is 1.55. The maximum absolute atomic E-state index is 13.3. The van der Waals surface area contributed by atoms with E-state index in [1.54, 1.807) is 19.1 Å². The summed E-state index contributed by atoms with van der Waals surface area (Å²) in [6.07, 6.45) is 1.37. The molecule has 0 aliphatic carbocycles. The number of nitrogens with zero attached hydrogens (tertiary/aromatic N) is 4. The molecule has 0 radical (unpaired) electrons. The predicted molar refractivity (Wildman–Crippen MR) is 118 cm³/mol. The highest BCUT2D eigenvalue weighted by Gasteiger charge is 2.33. The Morgan fingerprint density at radius 1 is 1.16 bits per heavy atom. The number of fused-ring (bicyclic) bond motifs is 1. The van der Waals surface area contributed by atoms with Crippen molar-refractivity contribution in [2.45, 2.75) is 51.0 Å². The molecule has 1 saturated heterocycles. The second-order valence-electron chi connectivity index (χ2n) is 8.39. The van der Waals surface area contributed by atoms with Gasteiger partial charge in [0.25, 0.3) is 0 Å². The number of benzene rings is 1. The van der Waals surface area contributed by atoms with Gasteiger partial charge in [0.1, 0.15) is 11.6 Å². The molecule has 1 fully saturated rings. The second kappa shape index (κ2) is 8.20. The first-order valence-electron chi connectivity index (χ1n) is 10.6. The molecule has 0 spiro atoms. The molecule has 3 heterocycles. The van der Waals surface area contributed by atoms with Crippen molar-refractivity contribution in [2.24, 2.45) is 0 Å². The van der Waals surface area contributed by atoms with Crippen LogP contribution in [0, 0.1) is 13.8 Å². The maximum atomic E-state index is 13.3. The molecule has 1 N–H and O–H groups in total. The molecule has 4 rings (SSSR count). The molecule has 1 aromatic heterocycles. The zero-order chi connectivity index (χ0) is 22.3. The predicted octanol–water partition coefficient (Wildman–Crippen LogP) is 2.22. The molecule has 0 bridgehead atoms. The highest BCUT2D eigenvalue weighted by atomic mass is 32.2. The fourth-order valence-corrected chi connectivity index (χ4v) is 5.79. The topological polar surface area (TPSA) is 95.5 Å². The number of aryl methyl sites for hydroxylation is 2. The van der Waals surface area contributed by atoms with Crippen molar-refractivity contribution in [2.75, 3.05) is 32.0 Å². The quantitative estimate of drug-likeness (QED) is 0.779. The van der Waals surface area contributed by atoms with Crippen LogP contribution in [-0.4, -0.2) is 60.2 Å². The first-order valence-corrected chi connectivity index (χ1v) is 12.0. The Bertz CT molecular complexity index is 1130. The number of likely N-dealkylation sites (tertiary alicyclic amines) is 1. The fourth-order valence-electron chi connectivity index (χ4n) is 4.30. The van der Waals surface area contributed by atoms with Gasteiger partial charge in [0.05, 0.1) is 17.1 Å². The Morgan fingerprint density at radius 3 is 2.58 bits per heavy atom. The Morgan fingerprint density at radius 2 is 1.94 bits per heavy atom. The zero-order valence-corrected chi connectivity index (χ0v) is 19.3. The Kier molecular flexibility index (Phi) is 5.74. The standard InChI is InChI=1S/C22H29N5O3S/c1-14-5-6-18(11-15(14)2)31(29,30)27-10-8-19-20(13-27)24-21(25-22(19)23-4)17-7-9-26(12-17)16(3)28/h5-6,11,17H,7-10,12-13H2,1-4H3,(H,23,24,25)/t17-/m0/s1. The molecule has 2 aromatic rings. The first kappa shape index (κ1) is 21.7. The third-order valence-corrected chi connectivity index (χ3v) is 8.24. The minimum Gasteiger partial charge on any atom is -0.373 e. The Labute approximate surface area is 183 Å². The Hall–Kier alpha value is -2.52. The molecule has 166 valence electrons. The van der Waals surface area contributed by atoms with Gasteiger partial charge in [-0.2, -0.15) is 4.31 Å². The number of hydrogen-bond donors (Lipinski definition) is 1. The van der Waals surface area contributed by atoms with Gasteiger partial charge in [-0.15, -0.1) is 0 Å². The summed E-state index contributed by atoms with van der Waals surface area (Å²) < 4.78 is 28.1. The lowest BCUT2D eigenvalue weighted by molar-refractivity contribution is -0.127.